The third-order valence-electron chi connectivity index (χ3n) is 2.79. The Morgan fingerprint density at radius 1 is 1.52 bits per heavy atom. The van der Waals surface area contributed by atoms with E-state index in [1.807, 2.05) is 6.07 Å². The molecule has 0 radical (unpaired) electrons. The largest absolute Gasteiger partial charge is 0.481 e. The first-order valence-corrected chi connectivity index (χ1v) is 7.04. The van der Waals surface area contributed by atoms with E-state index < -0.39 is 0 Å². The lowest BCUT2D eigenvalue weighted by Crippen LogP contribution is -2.25. The molecule has 8 heteroatoms. The second-order valence-electron chi connectivity index (χ2n) is 4.18. The van der Waals surface area contributed by atoms with Gasteiger partial charge in [0.25, 0.3) is 5.56 Å². The number of pyridine rings is 1. The molecule has 21 heavy (non-hydrogen) atoms. The summed E-state index contributed by atoms with van der Waals surface area (Å²) in [4.78, 5) is 16.0. The Balaban J connectivity index is 2.13. The normalized spacial score (nSPS) is 10.4. The van der Waals surface area contributed by atoms with E-state index in [4.69, 9.17) is 9.84 Å². The molecule has 2 aromatic heterocycles. The zero-order chi connectivity index (χ0) is 15.2. The van der Waals surface area contributed by atoms with Gasteiger partial charge in [-0.3, -0.25) is 4.79 Å². The molecule has 0 atom stereocenters. The molecule has 7 nitrogen and oxygen atoms in total. The molecule has 0 saturated carbocycles. The maximum atomic E-state index is 12.0. The molecule has 112 valence electrons. The van der Waals surface area contributed by atoms with Gasteiger partial charge >= 0.3 is 0 Å². The van der Waals surface area contributed by atoms with Gasteiger partial charge in [0.1, 0.15) is 4.47 Å². The molecule has 2 aromatic rings. The van der Waals surface area contributed by atoms with E-state index in [2.05, 4.69) is 31.3 Å². The summed E-state index contributed by atoms with van der Waals surface area (Å²) in [6.45, 7) is 0.533. The van der Waals surface area contributed by atoms with E-state index >= 15 is 0 Å². The van der Waals surface area contributed by atoms with Crippen molar-refractivity contribution in [2.75, 3.05) is 19.0 Å². The number of halogens is 1. The van der Waals surface area contributed by atoms with Crippen molar-refractivity contribution in [3.8, 4) is 5.88 Å². The molecule has 2 heterocycles. The second kappa shape index (κ2) is 7.19. The number of anilines is 1. The molecule has 0 saturated heterocycles. The minimum absolute atomic E-state index is 0.136. The number of hydrogen-bond donors (Lipinski definition) is 2. The van der Waals surface area contributed by atoms with Gasteiger partial charge in [-0.25, -0.2) is 9.67 Å². The Bertz CT molecular complexity index is 675. The Labute approximate surface area is 129 Å². The molecule has 0 aliphatic rings. The topological polar surface area (TPSA) is 89.3 Å². The van der Waals surface area contributed by atoms with Crippen LogP contribution >= 0.6 is 15.9 Å². The number of nitrogens with one attached hydrogen (secondary N) is 1. The van der Waals surface area contributed by atoms with Crippen LogP contribution in [0.2, 0.25) is 0 Å². The molecule has 2 rings (SSSR count). The first-order valence-electron chi connectivity index (χ1n) is 6.25. The summed E-state index contributed by atoms with van der Waals surface area (Å²) in [5, 5.41) is 16.0. The Kier molecular flexibility index (Phi) is 5.29. The van der Waals surface area contributed by atoms with Crippen LogP contribution in [0, 0.1) is 0 Å². The first kappa shape index (κ1) is 15.5. The van der Waals surface area contributed by atoms with Crippen molar-refractivity contribution in [2.45, 2.75) is 13.1 Å². The summed E-state index contributed by atoms with van der Waals surface area (Å²) in [7, 11) is 1.56. The number of hydrogen-bond acceptors (Lipinski definition) is 6. The van der Waals surface area contributed by atoms with Crippen LogP contribution in [-0.4, -0.2) is 33.6 Å². The van der Waals surface area contributed by atoms with Gasteiger partial charge in [0, 0.05) is 18.8 Å². The zero-order valence-electron chi connectivity index (χ0n) is 11.4. The third-order valence-corrected chi connectivity index (χ3v) is 3.55. The fourth-order valence-electron chi connectivity index (χ4n) is 1.71. The molecule has 0 amide bonds. The molecular weight excluding hydrogens is 340 g/mol. The van der Waals surface area contributed by atoms with Crippen LogP contribution in [0.15, 0.2) is 33.8 Å². The van der Waals surface area contributed by atoms with Crippen molar-refractivity contribution in [2.24, 2.45) is 0 Å². The van der Waals surface area contributed by atoms with E-state index in [0.29, 0.717) is 22.6 Å². The van der Waals surface area contributed by atoms with E-state index in [1.54, 1.807) is 25.6 Å². The van der Waals surface area contributed by atoms with Crippen molar-refractivity contribution >= 4 is 21.6 Å². The van der Waals surface area contributed by atoms with Crippen molar-refractivity contribution in [1.82, 2.24) is 14.8 Å². The average molecular weight is 355 g/mol. The maximum Gasteiger partial charge on any atom is 0.283 e. The number of aromatic nitrogens is 3. The predicted molar refractivity (Wildman–Crippen MR) is 81.4 cm³/mol. The van der Waals surface area contributed by atoms with Crippen molar-refractivity contribution in [1.29, 1.82) is 0 Å². The Hall–Kier alpha value is -1.93. The summed E-state index contributed by atoms with van der Waals surface area (Å²) >= 11 is 3.25. The summed E-state index contributed by atoms with van der Waals surface area (Å²) in [6.07, 6.45) is 3.20. The van der Waals surface area contributed by atoms with Crippen molar-refractivity contribution in [3.63, 3.8) is 0 Å². The molecule has 0 bridgehead atoms. The van der Waals surface area contributed by atoms with E-state index in [9.17, 15) is 4.79 Å². The fraction of sp³-hybridized carbons (Fsp3) is 0.308. The van der Waals surface area contributed by atoms with Gasteiger partial charge in [-0.2, -0.15) is 5.10 Å². The standard InChI is InChI=1S/C13H15BrN4O3/c1-21-11-6-9(2-3-15-11)7-16-10-8-17-18(4-5-19)13(20)12(10)14/h2-3,6,8,16,19H,4-5,7H2,1H3. The monoisotopic (exact) mass is 354 g/mol. The highest BCUT2D eigenvalue weighted by Gasteiger charge is 2.08. The van der Waals surface area contributed by atoms with E-state index in [1.165, 1.54) is 4.68 Å². The SMILES string of the molecule is COc1cc(CNc2cnn(CCO)c(=O)c2Br)ccn1. The van der Waals surface area contributed by atoms with E-state index in [0.717, 1.165) is 5.56 Å². The van der Waals surface area contributed by atoms with Crippen LogP contribution in [0.3, 0.4) is 0 Å². The minimum Gasteiger partial charge on any atom is -0.481 e. The molecule has 0 fully saturated rings. The maximum absolute atomic E-state index is 12.0. The van der Waals surface area contributed by atoms with Gasteiger partial charge in [-0.05, 0) is 27.6 Å². The number of aliphatic hydroxyl groups is 1. The third kappa shape index (κ3) is 3.79. The Morgan fingerprint density at radius 3 is 3.05 bits per heavy atom. The Morgan fingerprint density at radius 2 is 2.33 bits per heavy atom. The van der Waals surface area contributed by atoms with Gasteiger partial charge in [-0.15, -0.1) is 0 Å². The van der Waals surface area contributed by atoms with Gasteiger partial charge in [0.2, 0.25) is 5.88 Å². The predicted octanol–water partition coefficient (Wildman–Crippen LogP) is 1.01. The van der Waals surface area contributed by atoms with Crippen LogP contribution in [-0.2, 0) is 13.1 Å². The molecule has 0 aromatic carbocycles. The highest BCUT2D eigenvalue weighted by Crippen LogP contribution is 2.18. The van der Waals surface area contributed by atoms with Crippen LogP contribution in [0.25, 0.3) is 0 Å². The van der Waals surface area contributed by atoms with Gasteiger partial charge in [0.15, 0.2) is 0 Å². The van der Waals surface area contributed by atoms with Crippen LogP contribution in [0.4, 0.5) is 5.69 Å². The van der Waals surface area contributed by atoms with Crippen LogP contribution in [0.5, 0.6) is 5.88 Å². The molecular formula is C13H15BrN4O3. The van der Waals surface area contributed by atoms with E-state index in [-0.39, 0.29) is 18.7 Å². The van der Waals surface area contributed by atoms with Crippen LogP contribution in [0.1, 0.15) is 5.56 Å². The number of ether oxygens (including phenoxy) is 1. The first-order chi connectivity index (χ1) is 10.2. The molecule has 0 spiro atoms. The number of aliphatic hydroxyl groups excluding tert-OH is 1. The number of nitrogens with zero attached hydrogens (tertiary/aromatic N) is 3. The molecule has 0 aliphatic heterocycles. The number of methoxy groups -OCH3 is 1. The summed E-state index contributed by atoms with van der Waals surface area (Å²) in [5.41, 5.74) is 1.26. The minimum atomic E-state index is -0.290. The molecule has 0 aliphatic carbocycles. The van der Waals surface area contributed by atoms with Gasteiger partial charge < -0.3 is 15.2 Å². The smallest absolute Gasteiger partial charge is 0.283 e. The summed E-state index contributed by atoms with van der Waals surface area (Å²) in [5.74, 6) is 0.532. The lowest BCUT2D eigenvalue weighted by Gasteiger charge is -2.10. The lowest BCUT2D eigenvalue weighted by molar-refractivity contribution is 0.266. The van der Waals surface area contributed by atoms with Crippen LogP contribution < -0.4 is 15.6 Å². The second-order valence-corrected chi connectivity index (χ2v) is 4.98. The highest BCUT2D eigenvalue weighted by atomic mass is 79.9. The quantitative estimate of drug-likeness (QED) is 0.804. The fourth-order valence-corrected chi connectivity index (χ4v) is 2.16. The van der Waals surface area contributed by atoms with Gasteiger partial charge in [-0.1, -0.05) is 0 Å². The highest BCUT2D eigenvalue weighted by molar-refractivity contribution is 9.10. The molecule has 0 unspecified atom stereocenters. The van der Waals surface area contributed by atoms with Crippen molar-refractivity contribution in [3.05, 3.63) is 44.9 Å². The molecule has 2 N–H and O–H groups in total. The van der Waals surface area contributed by atoms with Gasteiger partial charge in [0.05, 0.1) is 32.1 Å². The van der Waals surface area contributed by atoms with Crippen molar-refractivity contribution < 1.29 is 9.84 Å². The lowest BCUT2D eigenvalue weighted by atomic mass is 10.2. The average Bonchev–Trinajstić information content (AvgIpc) is 2.51. The summed E-state index contributed by atoms with van der Waals surface area (Å²) in [6, 6.07) is 3.66. The summed E-state index contributed by atoms with van der Waals surface area (Å²) < 4.78 is 6.64. The zero-order valence-corrected chi connectivity index (χ0v) is 13.0. The number of rotatable bonds is 6.